The Morgan fingerprint density at radius 3 is 2.70 bits per heavy atom. The van der Waals surface area contributed by atoms with Gasteiger partial charge < -0.3 is 10.6 Å². The van der Waals surface area contributed by atoms with Gasteiger partial charge in [0, 0.05) is 15.9 Å². The lowest BCUT2D eigenvalue weighted by Gasteiger charge is -2.13. The summed E-state index contributed by atoms with van der Waals surface area (Å²) in [5, 5.41) is 5.36. The predicted molar refractivity (Wildman–Crippen MR) is 85.9 cm³/mol. The van der Waals surface area contributed by atoms with E-state index in [2.05, 4.69) is 26.6 Å². The summed E-state index contributed by atoms with van der Waals surface area (Å²) in [7, 11) is 0. The molecule has 0 heterocycles. The highest BCUT2D eigenvalue weighted by atomic mass is 79.9. The quantitative estimate of drug-likeness (QED) is 0.768. The molecule has 1 atom stereocenters. The van der Waals surface area contributed by atoms with Gasteiger partial charge in [-0.25, -0.2) is 0 Å². The summed E-state index contributed by atoms with van der Waals surface area (Å²) in [5.74, 6) is -0.00611. The number of rotatable bonds is 6. The van der Waals surface area contributed by atoms with E-state index < -0.39 is 6.04 Å². The third-order valence-corrected chi connectivity index (χ3v) is 4.29. The van der Waals surface area contributed by atoms with Crippen LogP contribution in [0.4, 0.5) is 0 Å². The molecule has 1 aromatic rings. The van der Waals surface area contributed by atoms with Gasteiger partial charge in [0.1, 0.15) is 6.04 Å². The van der Waals surface area contributed by atoms with Crippen LogP contribution in [-0.2, 0) is 9.59 Å². The normalized spacial score (nSPS) is 11.8. The molecular weight excluding hydrogens is 340 g/mol. The molecule has 0 fully saturated rings. The first kappa shape index (κ1) is 17.0. The fourth-order valence-electron chi connectivity index (χ4n) is 1.59. The number of carbonyl (C=O) groups is 2. The van der Waals surface area contributed by atoms with E-state index in [0.29, 0.717) is 12.3 Å². The molecular formula is C14H19BrN2O2S. The molecule has 4 nitrogen and oxygen atoms in total. The zero-order chi connectivity index (χ0) is 15.1. The van der Waals surface area contributed by atoms with Crippen molar-refractivity contribution in [2.45, 2.75) is 31.7 Å². The molecule has 0 aliphatic carbocycles. The van der Waals surface area contributed by atoms with E-state index in [-0.39, 0.29) is 11.8 Å². The van der Waals surface area contributed by atoms with Crippen LogP contribution in [-0.4, -0.2) is 30.2 Å². The lowest BCUT2D eigenvalue weighted by molar-refractivity contribution is -0.127. The highest BCUT2D eigenvalue weighted by molar-refractivity contribution is 9.10. The number of carbonyl (C=O) groups excluding carboxylic acids is 2. The molecule has 0 bridgehead atoms. The summed E-state index contributed by atoms with van der Waals surface area (Å²) in [6.07, 6.45) is 0. The Kier molecular flexibility index (Phi) is 7.09. The Morgan fingerprint density at radius 1 is 1.40 bits per heavy atom. The van der Waals surface area contributed by atoms with Gasteiger partial charge in [-0.05, 0) is 44.5 Å². The van der Waals surface area contributed by atoms with Crippen molar-refractivity contribution in [3.05, 3.63) is 28.2 Å². The van der Waals surface area contributed by atoms with Gasteiger partial charge in [0.2, 0.25) is 11.8 Å². The van der Waals surface area contributed by atoms with Crippen molar-refractivity contribution in [3.63, 3.8) is 0 Å². The Hall–Kier alpha value is -1.01. The van der Waals surface area contributed by atoms with E-state index in [1.165, 1.54) is 11.8 Å². The Labute approximate surface area is 132 Å². The highest BCUT2D eigenvalue weighted by Gasteiger charge is 2.14. The van der Waals surface area contributed by atoms with Gasteiger partial charge >= 0.3 is 0 Å². The largest absolute Gasteiger partial charge is 0.355 e. The van der Waals surface area contributed by atoms with Gasteiger partial charge in [-0.2, -0.15) is 0 Å². The van der Waals surface area contributed by atoms with E-state index in [1.807, 2.05) is 32.0 Å². The lowest BCUT2D eigenvalue weighted by atomic mass is 10.2. The molecule has 20 heavy (non-hydrogen) atoms. The minimum Gasteiger partial charge on any atom is -0.355 e. The van der Waals surface area contributed by atoms with E-state index in [0.717, 1.165) is 14.9 Å². The van der Waals surface area contributed by atoms with Crippen LogP contribution in [0.2, 0.25) is 0 Å². The average Bonchev–Trinajstić information content (AvgIpc) is 2.37. The molecule has 2 N–H and O–H groups in total. The number of nitrogens with one attached hydrogen (secondary N) is 2. The zero-order valence-electron chi connectivity index (χ0n) is 11.8. The Bertz CT molecular complexity index is 494. The van der Waals surface area contributed by atoms with Crippen molar-refractivity contribution < 1.29 is 9.59 Å². The first-order valence-electron chi connectivity index (χ1n) is 6.40. The van der Waals surface area contributed by atoms with Gasteiger partial charge in [0.25, 0.3) is 0 Å². The van der Waals surface area contributed by atoms with Crippen molar-refractivity contribution in [1.82, 2.24) is 10.6 Å². The number of halogens is 1. The first-order chi connectivity index (χ1) is 9.43. The van der Waals surface area contributed by atoms with Crippen LogP contribution < -0.4 is 10.6 Å². The molecule has 0 aliphatic heterocycles. The minimum atomic E-state index is -0.505. The van der Waals surface area contributed by atoms with E-state index >= 15 is 0 Å². The van der Waals surface area contributed by atoms with Crippen LogP contribution in [0.25, 0.3) is 0 Å². The predicted octanol–water partition coefficient (Wildman–Crippen LogP) is 2.49. The smallest absolute Gasteiger partial charge is 0.242 e. The van der Waals surface area contributed by atoms with E-state index in [4.69, 9.17) is 0 Å². The summed E-state index contributed by atoms with van der Waals surface area (Å²) in [5.41, 5.74) is 1.12. The highest BCUT2D eigenvalue weighted by Crippen LogP contribution is 2.25. The molecule has 110 valence electrons. The van der Waals surface area contributed by atoms with Gasteiger partial charge in [0.05, 0.1) is 5.75 Å². The van der Waals surface area contributed by atoms with Crippen LogP contribution in [0.3, 0.4) is 0 Å². The van der Waals surface area contributed by atoms with E-state index in [9.17, 15) is 9.59 Å². The molecule has 0 saturated heterocycles. The topological polar surface area (TPSA) is 58.2 Å². The Morgan fingerprint density at radius 2 is 2.10 bits per heavy atom. The van der Waals surface area contributed by atoms with Crippen molar-refractivity contribution in [2.75, 3.05) is 12.3 Å². The monoisotopic (exact) mass is 358 g/mol. The maximum atomic E-state index is 11.8. The maximum absolute atomic E-state index is 11.8. The van der Waals surface area contributed by atoms with Crippen molar-refractivity contribution in [1.29, 1.82) is 0 Å². The molecule has 2 amide bonds. The van der Waals surface area contributed by atoms with Crippen LogP contribution in [0.1, 0.15) is 19.4 Å². The standard InChI is InChI=1S/C14H19BrN2O2S/c1-4-16-14(19)10(3)17-13(18)8-20-12-6-5-11(15)7-9(12)2/h5-7,10H,4,8H2,1-3H3,(H,16,19)(H,17,18). The molecule has 1 aromatic carbocycles. The molecule has 1 rings (SSSR count). The third kappa shape index (κ3) is 5.54. The second-order valence-electron chi connectivity index (χ2n) is 4.38. The fourth-order valence-corrected chi connectivity index (χ4v) is 2.89. The van der Waals surface area contributed by atoms with E-state index in [1.54, 1.807) is 6.92 Å². The number of likely N-dealkylation sites (N-methyl/N-ethyl adjacent to an activating group) is 1. The molecule has 1 unspecified atom stereocenters. The number of thioether (sulfide) groups is 1. The van der Waals surface area contributed by atoms with Crippen molar-refractivity contribution in [3.8, 4) is 0 Å². The molecule has 0 saturated carbocycles. The number of hydrogen-bond donors (Lipinski definition) is 2. The fraction of sp³-hybridized carbons (Fsp3) is 0.429. The SMILES string of the molecule is CCNC(=O)C(C)NC(=O)CSc1ccc(Br)cc1C. The summed E-state index contributed by atoms with van der Waals surface area (Å²) in [4.78, 5) is 24.4. The van der Waals surface area contributed by atoms with Gasteiger partial charge in [0.15, 0.2) is 0 Å². The first-order valence-corrected chi connectivity index (χ1v) is 8.18. The lowest BCUT2D eigenvalue weighted by Crippen LogP contribution is -2.45. The second kappa shape index (κ2) is 8.32. The number of aryl methyl sites for hydroxylation is 1. The second-order valence-corrected chi connectivity index (χ2v) is 6.32. The number of amides is 2. The molecule has 0 aromatic heterocycles. The van der Waals surface area contributed by atoms with Crippen LogP contribution in [0.15, 0.2) is 27.6 Å². The Balaban J connectivity index is 2.45. The van der Waals surface area contributed by atoms with Crippen molar-refractivity contribution in [2.24, 2.45) is 0 Å². The summed E-state index contributed by atoms with van der Waals surface area (Å²) >= 11 is 4.87. The third-order valence-electron chi connectivity index (χ3n) is 2.62. The van der Waals surface area contributed by atoms with Gasteiger partial charge in [-0.15, -0.1) is 11.8 Å². The summed E-state index contributed by atoms with van der Waals surface area (Å²) < 4.78 is 1.02. The van der Waals surface area contributed by atoms with Crippen molar-refractivity contribution >= 4 is 39.5 Å². The average molecular weight is 359 g/mol. The summed E-state index contributed by atoms with van der Waals surface area (Å²) in [6, 6.07) is 5.43. The summed E-state index contributed by atoms with van der Waals surface area (Å²) in [6.45, 7) is 6.09. The molecule has 6 heteroatoms. The maximum Gasteiger partial charge on any atom is 0.242 e. The van der Waals surface area contributed by atoms with Gasteiger partial charge in [-0.1, -0.05) is 15.9 Å². The zero-order valence-corrected chi connectivity index (χ0v) is 14.2. The minimum absolute atomic E-state index is 0.143. The molecule has 0 aliphatic rings. The molecule has 0 radical (unpaired) electrons. The van der Waals surface area contributed by atoms with Crippen LogP contribution in [0, 0.1) is 6.92 Å². The molecule has 0 spiro atoms. The number of benzene rings is 1. The van der Waals surface area contributed by atoms with Crippen LogP contribution >= 0.6 is 27.7 Å². The van der Waals surface area contributed by atoms with Gasteiger partial charge in [-0.3, -0.25) is 9.59 Å². The number of hydrogen-bond acceptors (Lipinski definition) is 3. The van der Waals surface area contributed by atoms with Crippen LogP contribution in [0.5, 0.6) is 0 Å².